The van der Waals surface area contributed by atoms with E-state index in [0.717, 1.165) is 0 Å². The second-order valence-corrected chi connectivity index (χ2v) is 3.80. The van der Waals surface area contributed by atoms with Crippen molar-refractivity contribution < 1.29 is 24.2 Å². The Bertz CT molecular complexity index is 639. The maximum Gasteiger partial charge on any atom is 0.519 e. The van der Waals surface area contributed by atoms with Crippen LogP contribution in [0, 0.1) is 0 Å². The van der Waals surface area contributed by atoms with E-state index in [1.807, 2.05) is 0 Å². The monoisotopic (exact) mass is 273 g/mol. The van der Waals surface area contributed by atoms with Gasteiger partial charge in [0, 0.05) is 0 Å². The minimum atomic E-state index is -1.25. The van der Waals surface area contributed by atoms with Gasteiger partial charge in [0.2, 0.25) is 0 Å². The van der Waals surface area contributed by atoms with Gasteiger partial charge < -0.3 is 20.3 Å². The summed E-state index contributed by atoms with van der Waals surface area (Å²) in [5.41, 5.74) is 5.43. The molecule has 0 heterocycles. The molecule has 0 fully saturated rings. The van der Waals surface area contributed by atoms with Crippen molar-refractivity contribution in [1.82, 2.24) is 0 Å². The van der Waals surface area contributed by atoms with Crippen molar-refractivity contribution in [3.05, 3.63) is 54.1 Å². The fourth-order valence-corrected chi connectivity index (χ4v) is 1.53. The van der Waals surface area contributed by atoms with Crippen molar-refractivity contribution in [2.24, 2.45) is 0 Å². The minimum absolute atomic E-state index is 0.0370. The third kappa shape index (κ3) is 3.05. The van der Waals surface area contributed by atoms with Gasteiger partial charge in [0.05, 0.1) is 5.69 Å². The van der Waals surface area contributed by atoms with Gasteiger partial charge >= 0.3 is 12.1 Å². The maximum absolute atomic E-state index is 11.6. The lowest BCUT2D eigenvalue weighted by Gasteiger charge is -2.09. The summed E-state index contributed by atoms with van der Waals surface area (Å²) >= 11 is 0. The zero-order chi connectivity index (χ0) is 14.5. The van der Waals surface area contributed by atoms with Gasteiger partial charge in [0.1, 0.15) is 11.3 Å². The molecule has 3 N–H and O–H groups in total. The van der Waals surface area contributed by atoms with Crippen LogP contribution in [0.3, 0.4) is 0 Å². The van der Waals surface area contributed by atoms with Crippen molar-refractivity contribution >= 4 is 17.8 Å². The van der Waals surface area contributed by atoms with E-state index in [1.165, 1.54) is 18.2 Å². The van der Waals surface area contributed by atoms with Crippen LogP contribution in [0.5, 0.6) is 11.5 Å². The predicted molar refractivity (Wildman–Crippen MR) is 70.9 cm³/mol. The largest absolute Gasteiger partial charge is 0.519 e. The highest BCUT2D eigenvalue weighted by atomic mass is 16.7. The molecule has 0 atom stereocenters. The molecule has 0 saturated heterocycles. The first-order valence-corrected chi connectivity index (χ1v) is 5.64. The maximum atomic E-state index is 11.6. The zero-order valence-corrected chi connectivity index (χ0v) is 10.3. The first-order chi connectivity index (χ1) is 9.58. The van der Waals surface area contributed by atoms with Crippen molar-refractivity contribution in [2.75, 3.05) is 5.73 Å². The number of carboxylic acids is 1. The van der Waals surface area contributed by atoms with Gasteiger partial charge in [0.25, 0.3) is 0 Å². The molecule has 102 valence electrons. The van der Waals surface area contributed by atoms with Crippen LogP contribution >= 0.6 is 0 Å². The van der Waals surface area contributed by atoms with E-state index in [9.17, 15) is 9.59 Å². The SMILES string of the molecule is Nc1cccc(C(=O)O)c1OC(=O)Oc1ccccc1. The summed E-state index contributed by atoms with van der Waals surface area (Å²) in [6.07, 6.45) is -1.06. The van der Waals surface area contributed by atoms with E-state index >= 15 is 0 Å². The summed E-state index contributed by atoms with van der Waals surface area (Å²) in [6.45, 7) is 0. The Labute approximate surface area is 114 Å². The van der Waals surface area contributed by atoms with E-state index in [2.05, 4.69) is 0 Å². The number of anilines is 1. The molecule has 0 amide bonds. The number of nitrogens with two attached hydrogens (primary N) is 1. The number of carbonyl (C=O) groups is 2. The Hall–Kier alpha value is -3.02. The standard InChI is InChI=1S/C14H11NO5/c15-11-8-4-7-10(13(16)17)12(11)20-14(18)19-9-5-2-1-3-6-9/h1-8H,15H2,(H,16,17). The van der Waals surface area contributed by atoms with Crippen LogP contribution in [0.15, 0.2) is 48.5 Å². The molecule has 20 heavy (non-hydrogen) atoms. The number of nitrogen functional groups attached to an aromatic ring is 1. The molecule has 0 spiro atoms. The second-order valence-electron chi connectivity index (χ2n) is 3.80. The fraction of sp³-hybridized carbons (Fsp3) is 0. The van der Waals surface area contributed by atoms with E-state index in [4.69, 9.17) is 20.3 Å². The Morgan fingerprint density at radius 2 is 1.65 bits per heavy atom. The lowest BCUT2D eigenvalue weighted by molar-refractivity contribution is 0.0693. The van der Waals surface area contributed by atoms with Crippen molar-refractivity contribution in [3.63, 3.8) is 0 Å². The number of aromatic carboxylic acids is 1. The number of ether oxygens (including phenoxy) is 2. The van der Waals surface area contributed by atoms with Gasteiger partial charge in [-0.15, -0.1) is 0 Å². The van der Waals surface area contributed by atoms with E-state index in [1.54, 1.807) is 30.3 Å². The molecule has 0 radical (unpaired) electrons. The second kappa shape index (κ2) is 5.75. The molecule has 0 aromatic heterocycles. The first-order valence-electron chi connectivity index (χ1n) is 5.64. The van der Waals surface area contributed by atoms with E-state index in [-0.39, 0.29) is 22.7 Å². The van der Waals surface area contributed by atoms with E-state index < -0.39 is 12.1 Å². The lowest BCUT2D eigenvalue weighted by atomic mass is 10.2. The molecule has 2 rings (SSSR count). The molecular formula is C14H11NO5. The molecule has 0 aliphatic heterocycles. The molecule has 0 aliphatic rings. The Morgan fingerprint density at radius 1 is 0.950 bits per heavy atom. The number of carbonyl (C=O) groups excluding carboxylic acids is 1. The summed E-state index contributed by atoms with van der Waals surface area (Å²) < 4.78 is 9.77. The summed E-state index contributed by atoms with van der Waals surface area (Å²) in [6, 6.07) is 12.4. The molecule has 0 aliphatic carbocycles. The number of rotatable bonds is 3. The molecule has 0 saturated carbocycles. The average Bonchev–Trinajstić information content (AvgIpc) is 2.42. The normalized spacial score (nSPS) is 9.80. The third-order valence-electron chi connectivity index (χ3n) is 2.41. The van der Waals surface area contributed by atoms with Crippen molar-refractivity contribution in [3.8, 4) is 11.5 Å². The third-order valence-corrected chi connectivity index (χ3v) is 2.41. The summed E-state index contributed by atoms with van der Waals surface area (Å²) in [7, 11) is 0. The lowest BCUT2D eigenvalue weighted by Crippen LogP contribution is -2.16. The zero-order valence-electron chi connectivity index (χ0n) is 10.3. The fourth-order valence-electron chi connectivity index (χ4n) is 1.53. The first kappa shape index (κ1) is 13.4. The minimum Gasteiger partial charge on any atom is -0.478 e. The number of para-hydroxylation sites is 2. The van der Waals surface area contributed by atoms with Gasteiger partial charge in [-0.25, -0.2) is 9.59 Å². The molecule has 0 bridgehead atoms. The number of carboxylic acid groups (broad SMARTS) is 1. The van der Waals surface area contributed by atoms with Crippen LogP contribution in [0.4, 0.5) is 10.5 Å². The van der Waals surface area contributed by atoms with Crippen LogP contribution < -0.4 is 15.2 Å². The smallest absolute Gasteiger partial charge is 0.478 e. The molecule has 0 unspecified atom stereocenters. The summed E-state index contributed by atoms with van der Waals surface area (Å²) in [4.78, 5) is 22.6. The number of hydrogen-bond donors (Lipinski definition) is 2. The van der Waals surface area contributed by atoms with Gasteiger partial charge in [-0.3, -0.25) is 0 Å². The number of hydrogen-bond acceptors (Lipinski definition) is 5. The molecule has 6 heteroatoms. The number of benzene rings is 2. The van der Waals surface area contributed by atoms with Crippen LogP contribution in [-0.2, 0) is 0 Å². The van der Waals surface area contributed by atoms with E-state index in [0.29, 0.717) is 0 Å². The highest BCUT2D eigenvalue weighted by Gasteiger charge is 2.18. The Morgan fingerprint density at radius 3 is 2.30 bits per heavy atom. The highest BCUT2D eigenvalue weighted by Crippen LogP contribution is 2.27. The molecule has 6 nitrogen and oxygen atoms in total. The van der Waals surface area contributed by atoms with Gasteiger partial charge in [-0.05, 0) is 24.3 Å². The highest BCUT2D eigenvalue weighted by molar-refractivity contribution is 5.94. The Balaban J connectivity index is 2.18. The van der Waals surface area contributed by atoms with Crippen LogP contribution in [-0.4, -0.2) is 17.2 Å². The molecule has 2 aromatic rings. The summed E-state index contributed by atoms with van der Waals surface area (Å²) in [5, 5.41) is 9.01. The van der Waals surface area contributed by atoms with Crippen LogP contribution in [0.2, 0.25) is 0 Å². The average molecular weight is 273 g/mol. The quantitative estimate of drug-likeness (QED) is 0.506. The van der Waals surface area contributed by atoms with Gasteiger partial charge in [0.15, 0.2) is 5.75 Å². The topological polar surface area (TPSA) is 98.9 Å². The van der Waals surface area contributed by atoms with Crippen LogP contribution in [0.1, 0.15) is 10.4 Å². The van der Waals surface area contributed by atoms with Crippen molar-refractivity contribution in [2.45, 2.75) is 0 Å². The van der Waals surface area contributed by atoms with Crippen molar-refractivity contribution in [1.29, 1.82) is 0 Å². The predicted octanol–water partition coefficient (Wildman–Crippen LogP) is 2.54. The van der Waals surface area contributed by atoms with Gasteiger partial charge in [-0.2, -0.15) is 0 Å². The Kier molecular flexibility index (Phi) is 3.85. The van der Waals surface area contributed by atoms with Crippen LogP contribution in [0.25, 0.3) is 0 Å². The van der Waals surface area contributed by atoms with Gasteiger partial charge in [-0.1, -0.05) is 24.3 Å². The molecule has 2 aromatic carbocycles. The summed E-state index contributed by atoms with van der Waals surface area (Å²) in [5.74, 6) is -1.20. The molecular weight excluding hydrogens is 262 g/mol.